The number of carbonyl (C=O) groups excluding carboxylic acids is 1. The Balaban J connectivity index is 1.91. The van der Waals surface area contributed by atoms with E-state index in [-0.39, 0.29) is 5.57 Å². The number of hydrogen-bond donors (Lipinski definition) is 2. The molecule has 140 valence electrons. The predicted octanol–water partition coefficient (Wildman–Crippen LogP) is 2.93. The summed E-state index contributed by atoms with van der Waals surface area (Å²) in [6, 6.07) is 10.6. The summed E-state index contributed by atoms with van der Waals surface area (Å²) in [7, 11) is 3.13. The van der Waals surface area contributed by atoms with E-state index in [4.69, 9.17) is 21.1 Å². The predicted molar refractivity (Wildman–Crippen MR) is 103 cm³/mol. The molecule has 0 atom stereocenters. The molecule has 0 radical (unpaired) electrons. The van der Waals surface area contributed by atoms with E-state index < -0.39 is 5.91 Å². The molecule has 8 heteroatoms. The summed E-state index contributed by atoms with van der Waals surface area (Å²) in [6.07, 6.45) is 3.40. The first-order valence-electron chi connectivity index (χ1n) is 8.05. The van der Waals surface area contributed by atoms with Gasteiger partial charge in [0.2, 0.25) is 0 Å². The van der Waals surface area contributed by atoms with Crippen molar-refractivity contribution in [2.24, 2.45) is 0 Å². The molecule has 2 aromatic rings. The van der Waals surface area contributed by atoms with Gasteiger partial charge in [0.25, 0.3) is 5.91 Å². The highest BCUT2D eigenvalue weighted by Crippen LogP contribution is 2.27. The number of methoxy groups -OCH3 is 2. The topological polar surface area (TPSA) is 96.3 Å². The maximum Gasteiger partial charge on any atom is 0.263 e. The number of nitrogens with zero attached hydrogens (tertiary/aromatic N) is 2. The van der Waals surface area contributed by atoms with E-state index in [0.717, 1.165) is 5.56 Å². The highest BCUT2D eigenvalue weighted by molar-refractivity contribution is 6.30. The average Bonchev–Trinajstić information content (AvgIpc) is 2.68. The summed E-state index contributed by atoms with van der Waals surface area (Å²) in [5.41, 5.74) is 0.903. The molecule has 27 heavy (non-hydrogen) atoms. The molecule has 1 heterocycles. The Morgan fingerprint density at radius 2 is 2.04 bits per heavy atom. The van der Waals surface area contributed by atoms with Crippen LogP contribution >= 0.6 is 11.6 Å². The first-order chi connectivity index (χ1) is 13.1. The number of hydrogen-bond acceptors (Lipinski definition) is 6. The molecule has 2 rings (SSSR count). The molecular weight excluding hydrogens is 368 g/mol. The second kappa shape index (κ2) is 10.0. The van der Waals surface area contributed by atoms with Crippen LogP contribution in [-0.2, 0) is 11.2 Å². The van der Waals surface area contributed by atoms with Crippen molar-refractivity contribution in [1.29, 1.82) is 5.26 Å². The number of nitrogens with one attached hydrogen (secondary N) is 2. The molecule has 0 aliphatic rings. The number of aromatic nitrogens is 1. The lowest BCUT2D eigenvalue weighted by atomic mass is 10.1. The van der Waals surface area contributed by atoms with Crippen LogP contribution in [0.15, 0.2) is 48.3 Å². The third-order valence-electron chi connectivity index (χ3n) is 3.60. The molecule has 1 aromatic carbocycles. The molecule has 1 amide bonds. The molecule has 0 unspecified atom stereocenters. The lowest BCUT2D eigenvalue weighted by Crippen LogP contribution is -2.27. The summed E-state index contributed by atoms with van der Waals surface area (Å²) < 4.78 is 10.4. The van der Waals surface area contributed by atoms with Crippen molar-refractivity contribution in [2.45, 2.75) is 6.42 Å². The van der Waals surface area contributed by atoms with Crippen LogP contribution in [0.4, 0.5) is 5.82 Å². The van der Waals surface area contributed by atoms with Crippen molar-refractivity contribution in [1.82, 2.24) is 10.3 Å². The standard InChI is InChI=1S/C19H19ClN4O3/c1-26-16-4-3-13(9-17(16)27-2)5-7-23-19(25)14(11-21)12-24-18-10-15(20)6-8-22-18/h3-4,6,8-10,12H,5,7H2,1-2H3,(H,22,24)(H,23,25)/b14-12-. The number of benzene rings is 1. The van der Waals surface area contributed by atoms with Gasteiger partial charge in [0, 0.05) is 24.0 Å². The Labute approximate surface area is 162 Å². The number of pyridine rings is 1. The van der Waals surface area contributed by atoms with Crippen LogP contribution in [0.3, 0.4) is 0 Å². The summed E-state index contributed by atoms with van der Waals surface area (Å²) in [5.74, 6) is 1.22. The maximum absolute atomic E-state index is 12.1. The van der Waals surface area contributed by atoms with Crippen LogP contribution in [0.1, 0.15) is 5.56 Å². The molecule has 1 aromatic heterocycles. The van der Waals surface area contributed by atoms with Gasteiger partial charge in [-0.25, -0.2) is 4.98 Å². The van der Waals surface area contributed by atoms with Gasteiger partial charge in [0.05, 0.1) is 14.2 Å². The third-order valence-corrected chi connectivity index (χ3v) is 3.83. The molecule has 0 saturated heterocycles. The Morgan fingerprint density at radius 1 is 1.26 bits per heavy atom. The molecule has 0 spiro atoms. The number of carbonyl (C=O) groups is 1. The van der Waals surface area contributed by atoms with Crippen molar-refractivity contribution in [3.05, 3.63) is 58.9 Å². The number of nitriles is 1. The van der Waals surface area contributed by atoms with E-state index in [0.29, 0.717) is 35.3 Å². The van der Waals surface area contributed by atoms with Gasteiger partial charge >= 0.3 is 0 Å². The maximum atomic E-state index is 12.1. The zero-order valence-electron chi connectivity index (χ0n) is 15.0. The fourth-order valence-corrected chi connectivity index (χ4v) is 2.39. The minimum absolute atomic E-state index is 0.0657. The SMILES string of the molecule is COc1ccc(CCNC(=O)/C(C#N)=C\Nc2cc(Cl)ccn2)cc1OC. The second-order valence-electron chi connectivity index (χ2n) is 5.37. The van der Waals surface area contributed by atoms with Crippen molar-refractivity contribution in [3.8, 4) is 17.6 Å². The molecule has 0 aliphatic heterocycles. The number of ether oxygens (including phenoxy) is 2. The van der Waals surface area contributed by atoms with Gasteiger partial charge in [0.15, 0.2) is 11.5 Å². The van der Waals surface area contributed by atoms with Gasteiger partial charge in [-0.2, -0.15) is 5.26 Å². The van der Waals surface area contributed by atoms with Crippen LogP contribution < -0.4 is 20.1 Å². The molecule has 0 saturated carbocycles. The Bertz CT molecular complexity index is 877. The molecule has 2 N–H and O–H groups in total. The first kappa shape index (κ1) is 20.1. The van der Waals surface area contributed by atoms with E-state index in [9.17, 15) is 10.1 Å². The number of rotatable bonds is 8. The van der Waals surface area contributed by atoms with Gasteiger partial charge in [-0.1, -0.05) is 17.7 Å². The zero-order valence-corrected chi connectivity index (χ0v) is 15.7. The Hall–Kier alpha value is -3.24. The molecule has 0 fully saturated rings. The normalized spacial score (nSPS) is 10.7. The minimum Gasteiger partial charge on any atom is -0.493 e. The van der Waals surface area contributed by atoms with Crippen LogP contribution in [0.25, 0.3) is 0 Å². The van der Waals surface area contributed by atoms with Crippen molar-refractivity contribution >= 4 is 23.3 Å². The average molecular weight is 387 g/mol. The van der Waals surface area contributed by atoms with Crippen molar-refractivity contribution in [3.63, 3.8) is 0 Å². The zero-order chi connectivity index (χ0) is 19.6. The van der Waals surface area contributed by atoms with Gasteiger partial charge in [-0.05, 0) is 36.2 Å². The monoisotopic (exact) mass is 386 g/mol. The number of halogens is 1. The first-order valence-corrected chi connectivity index (χ1v) is 8.42. The molecule has 7 nitrogen and oxygen atoms in total. The summed E-state index contributed by atoms with van der Waals surface area (Å²) in [5, 5.41) is 15.2. The fourth-order valence-electron chi connectivity index (χ4n) is 2.23. The van der Waals surface area contributed by atoms with Gasteiger partial charge in [0.1, 0.15) is 17.5 Å². The van der Waals surface area contributed by atoms with E-state index >= 15 is 0 Å². The van der Waals surface area contributed by atoms with Crippen LogP contribution in [0.2, 0.25) is 5.02 Å². The van der Waals surface area contributed by atoms with E-state index in [1.54, 1.807) is 32.4 Å². The largest absolute Gasteiger partial charge is 0.493 e. The molecule has 0 bridgehead atoms. The Morgan fingerprint density at radius 3 is 2.70 bits per heavy atom. The number of anilines is 1. The van der Waals surface area contributed by atoms with Crippen LogP contribution in [0, 0.1) is 11.3 Å². The van der Waals surface area contributed by atoms with Crippen molar-refractivity contribution < 1.29 is 14.3 Å². The lowest BCUT2D eigenvalue weighted by molar-refractivity contribution is -0.117. The van der Waals surface area contributed by atoms with Crippen LogP contribution in [0.5, 0.6) is 11.5 Å². The molecule has 0 aliphatic carbocycles. The quantitative estimate of drug-likeness (QED) is 0.535. The van der Waals surface area contributed by atoms with E-state index in [1.807, 2.05) is 18.2 Å². The third kappa shape index (κ3) is 5.90. The van der Waals surface area contributed by atoms with E-state index in [1.165, 1.54) is 12.4 Å². The van der Waals surface area contributed by atoms with E-state index in [2.05, 4.69) is 15.6 Å². The highest BCUT2D eigenvalue weighted by Gasteiger charge is 2.09. The highest BCUT2D eigenvalue weighted by atomic mass is 35.5. The van der Waals surface area contributed by atoms with Crippen LogP contribution in [-0.4, -0.2) is 31.7 Å². The van der Waals surface area contributed by atoms with Gasteiger partial charge in [-0.3, -0.25) is 4.79 Å². The smallest absolute Gasteiger partial charge is 0.263 e. The fraction of sp³-hybridized carbons (Fsp3) is 0.211. The summed E-state index contributed by atoms with van der Waals surface area (Å²) in [6.45, 7) is 0.364. The lowest BCUT2D eigenvalue weighted by Gasteiger charge is -2.10. The summed E-state index contributed by atoms with van der Waals surface area (Å²) in [4.78, 5) is 16.2. The number of amides is 1. The van der Waals surface area contributed by atoms with Gasteiger partial charge in [-0.15, -0.1) is 0 Å². The molecular formula is C19H19ClN4O3. The minimum atomic E-state index is -0.479. The van der Waals surface area contributed by atoms with Gasteiger partial charge < -0.3 is 20.1 Å². The van der Waals surface area contributed by atoms with Crippen molar-refractivity contribution in [2.75, 3.05) is 26.1 Å². The Kier molecular flexibility index (Phi) is 7.47. The summed E-state index contributed by atoms with van der Waals surface area (Å²) >= 11 is 5.86. The second-order valence-corrected chi connectivity index (χ2v) is 5.81.